The Morgan fingerprint density at radius 2 is 1.96 bits per heavy atom. The molecule has 2 amide bonds. The molecule has 144 valence electrons. The molecule has 1 aromatic carbocycles. The second-order valence-corrected chi connectivity index (χ2v) is 6.05. The molecule has 0 saturated heterocycles. The van der Waals surface area contributed by atoms with Crippen molar-refractivity contribution in [1.29, 1.82) is 0 Å². The summed E-state index contributed by atoms with van der Waals surface area (Å²) >= 11 is 0. The van der Waals surface area contributed by atoms with Crippen LogP contribution in [0.15, 0.2) is 42.2 Å². The smallest absolute Gasteiger partial charge is 0.341 e. The molecule has 0 fully saturated rings. The molecule has 1 N–H and O–H groups in total. The van der Waals surface area contributed by atoms with E-state index in [0.29, 0.717) is 43.7 Å². The molecule has 1 aliphatic rings. The SMILES string of the molecule is CC1=CN(CCC(CO)OCCOCc2ccccc2)C(=O)N(C)N1[O-]. The lowest BCUT2D eigenvalue weighted by Crippen LogP contribution is -2.50. The first kappa shape index (κ1) is 20.2. The van der Waals surface area contributed by atoms with Crippen LogP contribution in [-0.4, -0.2) is 65.7 Å². The number of hydrogen-bond donors (Lipinski definition) is 1. The largest absolute Gasteiger partial charge is 0.739 e. The van der Waals surface area contributed by atoms with Crippen LogP contribution in [0.2, 0.25) is 0 Å². The zero-order valence-electron chi connectivity index (χ0n) is 15.2. The van der Waals surface area contributed by atoms with E-state index in [2.05, 4.69) is 0 Å². The van der Waals surface area contributed by atoms with Crippen molar-refractivity contribution in [2.75, 3.05) is 33.4 Å². The topological polar surface area (TPSA) is 88.5 Å². The Hall–Kier alpha value is -2.13. The standard InChI is InChI=1S/C18H26N3O5/c1-15-12-20(18(23)19(2)21(15)24)9-8-17(13-22)26-11-10-25-14-16-6-4-3-5-7-16/h3-7,12,17,22H,8-11,13-14H2,1-2H3/q-1. The molecule has 8 nitrogen and oxygen atoms in total. The van der Waals surface area contributed by atoms with Crippen LogP contribution >= 0.6 is 0 Å². The van der Waals surface area contributed by atoms with E-state index in [1.54, 1.807) is 6.92 Å². The van der Waals surface area contributed by atoms with Crippen molar-refractivity contribution in [1.82, 2.24) is 15.1 Å². The first-order valence-electron chi connectivity index (χ1n) is 8.57. The van der Waals surface area contributed by atoms with Gasteiger partial charge < -0.3 is 25.0 Å². The molecule has 2 rings (SSSR count). The average molecular weight is 364 g/mol. The minimum absolute atomic E-state index is 0.146. The van der Waals surface area contributed by atoms with Crippen molar-refractivity contribution >= 4 is 6.03 Å². The number of hydroxylamine groups is 1. The molecule has 8 heteroatoms. The van der Waals surface area contributed by atoms with Gasteiger partial charge in [-0.05, 0) is 18.9 Å². The number of hydrazine groups is 1. The lowest BCUT2D eigenvalue weighted by atomic mass is 10.2. The Morgan fingerprint density at radius 3 is 2.65 bits per heavy atom. The molecule has 0 aromatic heterocycles. The molecule has 1 heterocycles. The van der Waals surface area contributed by atoms with E-state index in [4.69, 9.17) is 9.47 Å². The van der Waals surface area contributed by atoms with Crippen molar-refractivity contribution in [3.63, 3.8) is 0 Å². The molecule has 0 aliphatic carbocycles. The van der Waals surface area contributed by atoms with Crippen LogP contribution in [0.3, 0.4) is 0 Å². The second kappa shape index (κ2) is 10.1. The highest BCUT2D eigenvalue weighted by molar-refractivity contribution is 5.76. The minimum atomic E-state index is -0.409. The predicted octanol–water partition coefficient (Wildman–Crippen LogP) is 1.91. The van der Waals surface area contributed by atoms with Crippen molar-refractivity contribution in [2.45, 2.75) is 26.1 Å². The van der Waals surface area contributed by atoms with Crippen LogP contribution < -0.4 is 0 Å². The second-order valence-electron chi connectivity index (χ2n) is 6.05. The van der Waals surface area contributed by atoms with Gasteiger partial charge in [0.05, 0.1) is 32.5 Å². The van der Waals surface area contributed by atoms with E-state index >= 15 is 0 Å². The number of rotatable bonds is 10. The van der Waals surface area contributed by atoms with Gasteiger partial charge in [0, 0.05) is 25.5 Å². The number of aliphatic hydroxyl groups is 1. The van der Waals surface area contributed by atoms with E-state index in [1.165, 1.54) is 18.1 Å². The van der Waals surface area contributed by atoms with Crippen LogP contribution in [-0.2, 0) is 16.1 Å². The third-order valence-electron chi connectivity index (χ3n) is 4.03. The number of carbonyl (C=O) groups excluding carboxylic acids is 1. The number of carbonyl (C=O) groups is 1. The Morgan fingerprint density at radius 1 is 1.23 bits per heavy atom. The Bertz CT molecular complexity index is 596. The van der Waals surface area contributed by atoms with Gasteiger partial charge in [-0.25, -0.2) is 9.80 Å². The summed E-state index contributed by atoms with van der Waals surface area (Å²) in [6.07, 6.45) is 1.57. The van der Waals surface area contributed by atoms with Crippen molar-refractivity contribution in [3.8, 4) is 0 Å². The molecule has 1 aliphatic heterocycles. The summed E-state index contributed by atoms with van der Waals surface area (Å²) in [5.41, 5.74) is 1.51. The molecular weight excluding hydrogens is 338 g/mol. The monoisotopic (exact) mass is 364 g/mol. The number of amides is 2. The Balaban J connectivity index is 1.68. The average Bonchev–Trinajstić information content (AvgIpc) is 2.66. The maximum atomic E-state index is 12.1. The molecule has 1 atom stereocenters. The number of urea groups is 1. The van der Waals surface area contributed by atoms with Gasteiger partial charge in [-0.2, -0.15) is 0 Å². The number of allylic oxidation sites excluding steroid dienone is 1. The van der Waals surface area contributed by atoms with Crippen LogP contribution in [0.4, 0.5) is 4.79 Å². The summed E-state index contributed by atoms with van der Waals surface area (Å²) < 4.78 is 11.1. The van der Waals surface area contributed by atoms with Gasteiger partial charge in [-0.3, -0.25) is 4.90 Å². The van der Waals surface area contributed by atoms with E-state index in [9.17, 15) is 15.1 Å². The Kier molecular flexibility index (Phi) is 7.86. The van der Waals surface area contributed by atoms with E-state index in [1.807, 2.05) is 30.3 Å². The van der Waals surface area contributed by atoms with E-state index in [0.717, 1.165) is 10.6 Å². The van der Waals surface area contributed by atoms with Gasteiger partial charge in [0.15, 0.2) is 0 Å². The molecule has 0 spiro atoms. The highest BCUT2D eigenvalue weighted by Crippen LogP contribution is 2.16. The maximum absolute atomic E-state index is 12.1. The van der Waals surface area contributed by atoms with E-state index in [-0.39, 0.29) is 6.61 Å². The highest BCUT2D eigenvalue weighted by Gasteiger charge is 2.24. The molecular formula is C18H26N3O5-. The van der Waals surface area contributed by atoms with Gasteiger partial charge >= 0.3 is 6.03 Å². The zero-order chi connectivity index (χ0) is 18.9. The predicted molar refractivity (Wildman–Crippen MR) is 96.4 cm³/mol. The summed E-state index contributed by atoms with van der Waals surface area (Å²) in [4.78, 5) is 13.5. The molecule has 1 unspecified atom stereocenters. The van der Waals surface area contributed by atoms with Crippen LogP contribution in [0, 0.1) is 5.21 Å². The normalized spacial score (nSPS) is 16.1. The van der Waals surface area contributed by atoms with Crippen LogP contribution in [0.1, 0.15) is 18.9 Å². The number of nitrogens with zero attached hydrogens (tertiary/aromatic N) is 3. The van der Waals surface area contributed by atoms with E-state index < -0.39 is 12.1 Å². The Labute approximate surface area is 153 Å². The highest BCUT2D eigenvalue weighted by atomic mass is 16.6. The van der Waals surface area contributed by atoms with Crippen molar-refractivity contribution < 1.29 is 19.4 Å². The minimum Gasteiger partial charge on any atom is -0.739 e. The fraction of sp³-hybridized carbons (Fsp3) is 0.500. The van der Waals surface area contributed by atoms with Crippen LogP contribution in [0.25, 0.3) is 0 Å². The summed E-state index contributed by atoms with van der Waals surface area (Å²) in [5.74, 6) is 0. The molecule has 1 aromatic rings. The molecule has 26 heavy (non-hydrogen) atoms. The third kappa shape index (κ3) is 5.70. The number of benzene rings is 1. The lowest BCUT2D eigenvalue weighted by molar-refractivity contribution is -0.0279. The summed E-state index contributed by atoms with van der Waals surface area (Å²) in [6.45, 7) is 3.12. The van der Waals surface area contributed by atoms with Crippen LogP contribution in [0.5, 0.6) is 0 Å². The quantitative estimate of drug-likeness (QED) is 0.638. The summed E-state index contributed by atoms with van der Waals surface area (Å²) in [7, 11) is 1.42. The summed E-state index contributed by atoms with van der Waals surface area (Å²) in [5, 5.41) is 22.6. The van der Waals surface area contributed by atoms with Crippen molar-refractivity contribution in [3.05, 3.63) is 53.0 Å². The molecule has 0 saturated carbocycles. The van der Waals surface area contributed by atoms with Gasteiger partial charge in [-0.15, -0.1) is 0 Å². The van der Waals surface area contributed by atoms with Gasteiger partial charge in [-0.1, -0.05) is 30.3 Å². The van der Waals surface area contributed by atoms with Crippen molar-refractivity contribution in [2.24, 2.45) is 0 Å². The van der Waals surface area contributed by atoms with Gasteiger partial charge in [0.25, 0.3) is 0 Å². The summed E-state index contributed by atoms with van der Waals surface area (Å²) in [6, 6.07) is 9.44. The maximum Gasteiger partial charge on any atom is 0.341 e. The third-order valence-corrected chi connectivity index (χ3v) is 4.03. The number of aliphatic hydroxyl groups excluding tert-OH is 1. The first-order chi connectivity index (χ1) is 12.5. The van der Waals surface area contributed by atoms with Gasteiger partial charge in [0.1, 0.15) is 0 Å². The van der Waals surface area contributed by atoms with Gasteiger partial charge in [0.2, 0.25) is 0 Å². The fourth-order valence-electron chi connectivity index (χ4n) is 2.54. The molecule has 0 bridgehead atoms. The number of hydrogen-bond acceptors (Lipinski definition) is 6. The number of ether oxygens (including phenoxy) is 2. The fourth-order valence-corrected chi connectivity index (χ4v) is 2.54. The lowest BCUT2D eigenvalue weighted by Gasteiger charge is -2.45. The molecule has 0 radical (unpaired) electrons. The zero-order valence-corrected chi connectivity index (χ0v) is 15.2. The first-order valence-corrected chi connectivity index (χ1v) is 8.57.